The number of nitrogens with zero attached hydrogens (tertiary/aromatic N) is 1. The molecule has 0 spiro atoms. The van der Waals surface area contributed by atoms with E-state index in [4.69, 9.17) is 4.74 Å². The summed E-state index contributed by atoms with van der Waals surface area (Å²) in [5.41, 5.74) is 0.932. The Labute approximate surface area is 104 Å². The molecule has 1 fully saturated rings. The highest BCUT2D eigenvalue weighted by Crippen LogP contribution is 2.20. The first kappa shape index (κ1) is 12.0. The summed E-state index contributed by atoms with van der Waals surface area (Å²) in [7, 11) is 0. The summed E-state index contributed by atoms with van der Waals surface area (Å²) in [6.45, 7) is 1.51. The molecule has 0 aromatic carbocycles. The second-order valence-corrected chi connectivity index (χ2v) is 5.13. The average molecular weight is 286 g/mol. The molecule has 1 aromatic heterocycles. The average Bonchev–Trinajstić information content (AvgIpc) is 2.33. The summed E-state index contributed by atoms with van der Waals surface area (Å²) in [6.07, 6.45) is 4.14. The van der Waals surface area contributed by atoms with Crippen molar-refractivity contribution in [2.24, 2.45) is 5.92 Å². The molecule has 2 rings (SSSR count). The number of hydrogen-bond donors (Lipinski definition) is 1. The minimum atomic E-state index is -0.339. The standard InChI is InChI=1S/C12H16BrNO2/c13-10-3-4-11(14-7-10)6-12(15)9-2-1-5-16-8-9/h3-4,7,9,12,15H,1-2,5-6,8H2. The van der Waals surface area contributed by atoms with Gasteiger partial charge in [0.15, 0.2) is 0 Å². The third-order valence-electron chi connectivity index (χ3n) is 2.95. The zero-order valence-corrected chi connectivity index (χ0v) is 10.7. The van der Waals surface area contributed by atoms with E-state index in [1.54, 1.807) is 6.20 Å². The van der Waals surface area contributed by atoms with Gasteiger partial charge >= 0.3 is 0 Å². The van der Waals surface area contributed by atoms with Crippen LogP contribution in [0.25, 0.3) is 0 Å². The highest BCUT2D eigenvalue weighted by Gasteiger charge is 2.22. The van der Waals surface area contributed by atoms with Crippen LogP contribution >= 0.6 is 15.9 Å². The SMILES string of the molecule is OC(Cc1ccc(Br)cn1)C1CCCOC1. The van der Waals surface area contributed by atoms with Crippen LogP contribution in [0.3, 0.4) is 0 Å². The van der Waals surface area contributed by atoms with Gasteiger partial charge in [-0.25, -0.2) is 0 Å². The number of hydrogen-bond acceptors (Lipinski definition) is 3. The lowest BCUT2D eigenvalue weighted by Crippen LogP contribution is -2.30. The van der Waals surface area contributed by atoms with Gasteiger partial charge in [-0.3, -0.25) is 4.98 Å². The highest BCUT2D eigenvalue weighted by atomic mass is 79.9. The van der Waals surface area contributed by atoms with Crippen molar-refractivity contribution in [3.63, 3.8) is 0 Å². The predicted molar refractivity (Wildman–Crippen MR) is 65.2 cm³/mol. The quantitative estimate of drug-likeness (QED) is 0.926. The zero-order chi connectivity index (χ0) is 11.4. The van der Waals surface area contributed by atoms with Crippen molar-refractivity contribution in [2.75, 3.05) is 13.2 Å². The molecular formula is C12H16BrNO2. The molecule has 0 aliphatic carbocycles. The Bertz CT molecular complexity index is 322. The summed E-state index contributed by atoms with van der Waals surface area (Å²) in [4.78, 5) is 4.27. The number of aliphatic hydroxyl groups is 1. The largest absolute Gasteiger partial charge is 0.392 e. The van der Waals surface area contributed by atoms with E-state index in [1.807, 2.05) is 12.1 Å². The molecule has 3 nitrogen and oxygen atoms in total. The van der Waals surface area contributed by atoms with Gasteiger partial charge in [-0.05, 0) is 40.9 Å². The Morgan fingerprint density at radius 3 is 3.06 bits per heavy atom. The minimum absolute atomic E-state index is 0.263. The summed E-state index contributed by atoms with van der Waals surface area (Å²) in [6, 6.07) is 3.89. The highest BCUT2D eigenvalue weighted by molar-refractivity contribution is 9.10. The normalized spacial score (nSPS) is 23.0. The number of aliphatic hydroxyl groups excluding tert-OH is 1. The zero-order valence-electron chi connectivity index (χ0n) is 9.10. The molecule has 1 aromatic rings. The van der Waals surface area contributed by atoms with Crippen molar-refractivity contribution in [1.82, 2.24) is 4.98 Å². The van der Waals surface area contributed by atoms with Gasteiger partial charge in [0.05, 0.1) is 12.7 Å². The van der Waals surface area contributed by atoms with Gasteiger partial charge in [0.1, 0.15) is 0 Å². The molecule has 88 valence electrons. The summed E-state index contributed by atoms with van der Waals surface area (Å²) < 4.78 is 6.34. The molecular weight excluding hydrogens is 270 g/mol. The molecule has 0 saturated carbocycles. The maximum atomic E-state index is 10.1. The van der Waals surface area contributed by atoms with Gasteiger partial charge in [-0.2, -0.15) is 0 Å². The van der Waals surface area contributed by atoms with E-state index in [2.05, 4.69) is 20.9 Å². The van der Waals surface area contributed by atoms with E-state index < -0.39 is 0 Å². The number of aromatic nitrogens is 1. The van der Waals surface area contributed by atoms with Crippen LogP contribution in [0.5, 0.6) is 0 Å². The second kappa shape index (κ2) is 5.75. The van der Waals surface area contributed by atoms with Crippen molar-refractivity contribution in [1.29, 1.82) is 0 Å². The molecule has 2 atom stereocenters. The first-order chi connectivity index (χ1) is 7.75. The van der Waals surface area contributed by atoms with Gasteiger partial charge in [-0.1, -0.05) is 0 Å². The third-order valence-corrected chi connectivity index (χ3v) is 3.42. The van der Waals surface area contributed by atoms with Crippen LogP contribution in [0.2, 0.25) is 0 Å². The third kappa shape index (κ3) is 3.27. The van der Waals surface area contributed by atoms with Crippen LogP contribution in [-0.2, 0) is 11.2 Å². The molecule has 4 heteroatoms. The van der Waals surface area contributed by atoms with Crippen molar-refractivity contribution >= 4 is 15.9 Å². The Hall–Kier alpha value is -0.450. The van der Waals surface area contributed by atoms with E-state index in [1.165, 1.54) is 0 Å². The van der Waals surface area contributed by atoms with Crippen LogP contribution in [0.4, 0.5) is 0 Å². The van der Waals surface area contributed by atoms with Crippen LogP contribution in [0.1, 0.15) is 18.5 Å². The van der Waals surface area contributed by atoms with E-state index in [0.717, 1.165) is 29.6 Å². The molecule has 0 amide bonds. The van der Waals surface area contributed by atoms with Gasteiger partial charge in [0, 0.05) is 35.3 Å². The van der Waals surface area contributed by atoms with Gasteiger partial charge < -0.3 is 9.84 Å². The lowest BCUT2D eigenvalue weighted by Gasteiger charge is -2.26. The molecule has 0 radical (unpaired) electrons. The Kier molecular flexibility index (Phi) is 4.32. The number of rotatable bonds is 3. The predicted octanol–water partition coefficient (Wildman–Crippen LogP) is 2.17. The number of halogens is 1. The fraction of sp³-hybridized carbons (Fsp3) is 0.583. The molecule has 2 heterocycles. The van der Waals surface area contributed by atoms with E-state index in [0.29, 0.717) is 13.0 Å². The summed E-state index contributed by atoms with van der Waals surface area (Å²) in [5.74, 6) is 0.263. The molecule has 1 N–H and O–H groups in total. The van der Waals surface area contributed by atoms with Crippen LogP contribution in [-0.4, -0.2) is 29.4 Å². The van der Waals surface area contributed by atoms with Crippen molar-refractivity contribution in [2.45, 2.75) is 25.4 Å². The summed E-state index contributed by atoms with van der Waals surface area (Å²) >= 11 is 3.34. The van der Waals surface area contributed by atoms with Crippen molar-refractivity contribution < 1.29 is 9.84 Å². The molecule has 16 heavy (non-hydrogen) atoms. The van der Waals surface area contributed by atoms with E-state index in [9.17, 15) is 5.11 Å². The Morgan fingerprint density at radius 2 is 2.44 bits per heavy atom. The summed E-state index contributed by atoms with van der Waals surface area (Å²) in [5, 5.41) is 10.1. The minimum Gasteiger partial charge on any atom is -0.392 e. The van der Waals surface area contributed by atoms with Crippen LogP contribution in [0, 0.1) is 5.92 Å². The maximum Gasteiger partial charge on any atom is 0.0645 e. The van der Waals surface area contributed by atoms with E-state index >= 15 is 0 Å². The monoisotopic (exact) mass is 285 g/mol. The molecule has 2 unspecified atom stereocenters. The van der Waals surface area contributed by atoms with Crippen molar-refractivity contribution in [3.05, 3.63) is 28.5 Å². The maximum absolute atomic E-state index is 10.1. The first-order valence-corrected chi connectivity index (χ1v) is 6.41. The molecule has 1 saturated heterocycles. The van der Waals surface area contributed by atoms with Crippen LogP contribution < -0.4 is 0 Å². The van der Waals surface area contributed by atoms with Gasteiger partial charge in [0.2, 0.25) is 0 Å². The van der Waals surface area contributed by atoms with Gasteiger partial charge in [-0.15, -0.1) is 0 Å². The van der Waals surface area contributed by atoms with Crippen molar-refractivity contribution in [3.8, 4) is 0 Å². The molecule has 1 aliphatic rings. The lowest BCUT2D eigenvalue weighted by atomic mass is 9.93. The fourth-order valence-corrected chi connectivity index (χ4v) is 2.21. The first-order valence-electron chi connectivity index (χ1n) is 5.62. The second-order valence-electron chi connectivity index (χ2n) is 4.22. The topological polar surface area (TPSA) is 42.4 Å². The number of ether oxygens (including phenoxy) is 1. The van der Waals surface area contributed by atoms with Crippen LogP contribution in [0.15, 0.2) is 22.8 Å². The molecule has 0 bridgehead atoms. The fourth-order valence-electron chi connectivity index (χ4n) is 1.98. The number of pyridine rings is 1. The Morgan fingerprint density at radius 1 is 1.56 bits per heavy atom. The van der Waals surface area contributed by atoms with Gasteiger partial charge in [0.25, 0.3) is 0 Å². The Balaban J connectivity index is 1.90. The molecule has 1 aliphatic heterocycles. The smallest absolute Gasteiger partial charge is 0.0645 e. The lowest BCUT2D eigenvalue weighted by molar-refractivity contribution is -0.00878. The van der Waals surface area contributed by atoms with E-state index in [-0.39, 0.29) is 12.0 Å².